The lowest BCUT2D eigenvalue weighted by molar-refractivity contribution is 0.205. The molecule has 5 heteroatoms. The van der Waals surface area contributed by atoms with Crippen LogP contribution in [0.1, 0.15) is 24.1 Å². The van der Waals surface area contributed by atoms with E-state index in [2.05, 4.69) is 0 Å². The second-order valence-corrected chi connectivity index (χ2v) is 4.58. The number of rotatable bonds is 3. The molecule has 0 spiro atoms. The minimum Gasteiger partial charge on any atom is -0.494 e. The molecule has 0 saturated carbocycles. The number of nitrogens with zero attached hydrogens (tertiary/aromatic N) is 3. The van der Waals surface area contributed by atoms with Gasteiger partial charge in [0.25, 0.3) is 0 Å². The Morgan fingerprint density at radius 3 is 2.79 bits per heavy atom. The lowest BCUT2D eigenvalue weighted by atomic mass is 10.0. The van der Waals surface area contributed by atoms with Gasteiger partial charge >= 0.3 is 6.03 Å². The number of carbonyl (C=O) groups excluding carboxylic acids is 1. The molecule has 5 nitrogen and oxygen atoms in total. The maximum Gasteiger partial charge on any atom is 0.333 e. The van der Waals surface area contributed by atoms with Gasteiger partial charge in [0, 0.05) is 7.05 Å². The van der Waals surface area contributed by atoms with Crippen molar-refractivity contribution in [2.45, 2.75) is 19.9 Å². The van der Waals surface area contributed by atoms with E-state index in [4.69, 9.17) is 10.00 Å². The smallest absolute Gasteiger partial charge is 0.333 e. The number of hydrogen-bond acceptors (Lipinski definition) is 3. The summed E-state index contributed by atoms with van der Waals surface area (Å²) in [6.45, 7) is 4.96. The molecule has 1 aromatic carbocycles. The summed E-state index contributed by atoms with van der Waals surface area (Å²) >= 11 is 0. The molecule has 1 fully saturated rings. The number of amides is 2. The molecule has 0 aromatic heterocycles. The lowest BCUT2D eigenvalue weighted by Crippen LogP contribution is -2.26. The molecule has 1 aromatic rings. The largest absolute Gasteiger partial charge is 0.494 e. The van der Waals surface area contributed by atoms with Crippen LogP contribution in [0.25, 0.3) is 0 Å². The van der Waals surface area contributed by atoms with E-state index in [1.165, 1.54) is 4.90 Å². The second kappa shape index (κ2) is 5.19. The molecule has 1 atom stereocenters. The molecule has 19 heavy (non-hydrogen) atoms. The Kier molecular flexibility index (Phi) is 3.61. The van der Waals surface area contributed by atoms with Gasteiger partial charge in [-0.3, -0.25) is 0 Å². The normalized spacial score (nSPS) is 18.6. The van der Waals surface area contributed by atoms with E-state index < -0.39 is 0 Å². The van der Waals surface area contributed by atoms with Gasteiger partial charge in [-0.05, 0) is 31.0 Å². The van der Waals surface area contributed by atoms with Crippen molar-refractivity contribution in [3.05, 3.63) is 29.3 Å². The molecule has 100 valence electrons. The molecule has 1 saturated heterocycles. The van der Waals surface area contributed by atoms with Gasteiger partial charge in [0.1, 0.15) is 5.75 Å². The third-order valence-corrected chi connectivity index (χ3v) is 3.36. The Hall–Kier alpha value is -2.22. The Morgan fingerprint density at radius 2 is 2.26 bits per heavy atom. The first-order valence-electron chi connectivity index (χ1n) is 6.26. The van der Waals surface area contributed by atoms with Crippen LogP contribution < -0.4 is 4.74 Å². The van der Waals surface area contributed by atoms with E-state index in [-0.39, 0.29) is 12.1 Å². The number of ether oxygens (including phenoxy) is 1. The van der Waals surface area contributed by atoms with Crippen molar-refractivity contribution in [2.75, 3.05) is 20.2 Å². The Bertz CT molecular complexity index is 536. The third-order valence-electron chi connectivity index (χ3n) is 3.36. The number of likely N-dealkylation sites (N-methyl/N-ethyl adjacent to an activating group) is 1. The highest BCUT2D eigenvalue weighted by atomic mass is 16.5. The van der Waals surface area contributed by atoms with E-state index >= 15 is 0 Å². The van der Waals surface area contributed by atoms with Crippen LogP contribution >= 0.6 is 0 Å². The number of urea groups is 1. The predicted molar refractivity (Wildman–Crippen MR) is 70.6 cm³/mol. The van der Waals surface area contributed by atoms with Gasteiger partial charge in [-0.1, -0.05) is 12.1 Å². The lowest BCUT2D eigenvalue weighted by Gasteiger charge is -2.19. The fraction of sp³-hybridized carbons (Fsp3) is 0.429. The van der Waals surface area contributed by atoms with E-state index in [0.29, 0.717) is 13.2 Å². The highest BCUT2D eigenvalue weighted by molar-refractivity contribution is 5.78. The fourth-order valence-electron chi connectivity index (χ4n) is 2.31. The van der Waals surface area contributed by atoms with Crippen molar-refractivity contribution in [3.8, 4) is 11.9 Å². The van der Waals surface area contributed by atoms with E-state index in [1.54, 1.807) is 11.9 Å². The number of nitriles is 1. The highest BCUT2D eigenvalue weighted by Gasteiger charge is 2.35. The van der Waals surface area contributed by atoms with Crippen molar-refractivity contribution >= 4 is 6.03 Å². The topological polar surface area (TPSA) is 56.6 Å². The van der Waals surface area contributed by atoms with Crippen LogP contribution in [0.5, 0.6) is 5.75 Å². The van der Waals surface area contributed by atoms with Crippen LogP contribution in [0.3, 0.4) is 0 Å². The summed E-state index contributed by atoms with van der Waals surface area (Å²) in [5.41, 5.74) is 2.06. The standard InChI is InChI=1S/C14H17N3O2/c1-4-19-13-6-5-11(7-10(13)2)12-8-17(9-15)14(18)16(12)3/h5-7,12H,4,8H2,1-3H3. The molecule has 0 N–H and O–H groups in total. The van der Waals surface area contributed by atoms with Gasteiger partial charge in [-0.2, -0.15) is 5.26 Å². The maximum atomic E-state index is 11.8. The molecule has 1 unspecified atom stereocenters. The average Bonchev–Trinajstić information content (AvgIpc) is 2.69. The van der Waals surface area contributed by atoms with Crippen LogP contribution in [0, 0.1) is 18.4 Å². The van der Waals surface area contributed by atoms with Crippen molar-refractivity contribution in [1.82, 2.24) is 9.80 Å². The van der Waals surface area contributed by atoms with Crippen LogP contribution in [0.15, 0.2) is 18.2 Å². The van der Waals surface area contributed by atoms with Crippen LogP contribution in [0.2, 0.25) is 0 Å². The predicted octanol–water partition coefficient (Wildman–Crippen LogP) is 2.28. The number of carbonyl (C=O) groups is 1. The SMILES string of the molecule is CCOc1ccc(C2CN(C#N)C(=O)N2C)cc1C. The van der Waals surface area contributed by atoms with Crippen LogP contribution in [-0.4, -0.2) is 36.0 Å². The van der Waals surface area contributed by atoms with E-state index in [9.17, 15) is 4.79 Å². The van der Waals surface area contributed by atoms with Crippen molar-refractivity contribution in [3.63, 3.8) is 0 Å². The number of hydrogen-bond donors (Lipinski definition) is 0. The summed E-state index contributed by atoms with van der Waals surface area (Å²) in [6, 6.07) is 5.55. The molecular weight excluding hydrogens is 242 g/mol. The Balaban J connectivity index is 2.26. The van der Waals surface area contributed by atoms with Gasteiger partial charge in [-0.25, -0.2) is 9.69 Å². The minimum atomic E-state index is -0.251. The zero-order valence-electron chi connectivity index (χ0n) is 11.4. The molecular formula is C14H17N3O2. The monoisotopic (exact) mass is 259 g/mol. The van der Waals surface area contributed by atoms with Gasteiger partial charge in [0.05, 0.1) is 19.2 Å². The first kappa shape index (κ1) is 13.2. The number of aryl methyl sites for hydroxylation is 1. The van der Waals surface area contributed by atoms with Crippen molar-refractivity contribution in [2.24, 2.45) is 0 Å². The first-order chi connectivity index (χ1) is 9.08. The summed E-state index contributed by atoms with van der Waals surface area (Å²) in [5, 5.41) is 8.90. The summed E-state index contributed by atoms with van der Waals surface area (Å²) < 4.78 is 5.50. The van der Waals surface area contributed by atoms with Crippen molar-refractivity contribution in [1.29, 1.82) is 5.26 Å². The van der Waals surface area contributed by atoms with Gasteiger partial charge in [0.15, 0.2) is 6.19 Å². The zero-order valence-corrected chi connectivity index (χ0v) is 11.4. The molecule has 1 heterocycles. The highest BCUT2D eigenvalue weighted by Crippen LogP contribution is 2.30. The van der Waals surface area contributed by atoms with Gasteiger partial charge in [-0.15, -0.1) is 0 Å². The number of benzene rings is 1. The first-order valence-corrected chi connectivity index (χ1v) is 6.26. The summed E-state index contributed by atoms with van der Waals surface area (Å²) in [5.74, 6) is 0.857. The molecule has 1 aliphatic rings. The molecule has 0 radical (unpaired) electrons. The molecule has 1 aliphatic heterocycles. The summed E-state index contributed by atoms with van der Waals surface area (Å²) in [4.78, 5) is 14.6. The van der Waals surface area contributed by atoms with Crippen LogP contribution in [-0.2, 0) is 0 Å². The summed E-state index contributed by atoms with van der Waals surface area (Å²) in [7, 11) is 1.72. The van der Waals surface area contributed by atoms with E-state index in [1.807, 2.05) is 38.2 Å². The quantitative estimate of drug-likeness (QED) is 0.782. The Morgan fingerprint density at radius 1 is 1.53 bits per heavy atom. The van der Waals surface area contributed by atoms with Crippen molar-refractivity contribution < 1.29 is 9.53 Å². The molecule has 2 rings (SSSR count). The fourth-order valence-corrected chi connectivity index (χ4v) is 2.31. The molecule has 0 bridgehead atoms. The van der Waals surface area contributed by atoms with Gasteiger partial charge in [0.2, 0.25) is 0 Å². The maximum absolute atomic E-state index is 11.8. The average molecular weight is 259 g/mol. The van der Waals surface area contributed by atoms with Gasteiger partial charge < -0.3 is 9.64 Å². The molecule has 2 amide bonds. The molecule has 0 aliphatic carbocycles. The third kappa shape index (κ3) is 2.34. The summed E-state index contributed by atoms with van der Waals surface area (Å²) in [6.07, 6.45) is 1.91. The second-order valence-electron chi connectivity index (χ2n) is 4.58. The zero-order chi connectivity index (χ0) is 14.0. The van der Waals surface area contributed by atoms with Crippen LogP contribution in [0.4, 0.5) is 4.79 Å². The minimum absolute atomic E-state index is 0.0819. The van der Waals surface area contributed by atoms with E-state index in [0.717, 1.165) is 16.9 Å². The Labute approximate surface area is 113 Å².